The Morgan fingerprint density at radius 3 is 3.20 bits per heavy atom. The predicted octanol–water partition coefficient (Wildman–Crippen LogP) is -0.265. The molecule has 1 radical (unpaired) electrons. The summed E-state index contributed by atoms with van der Waals surface area (Å²) in [6.07, 6.45) is 3.90. The van der Waals surface area contributed by atoms with Gasteiger partial charge >= 0.3 is 0 Å². The predicted molar refractivity (Wildman–Crippen MR) is 34.9 cm³/mol. The standard InChI is InChI=1S/C5H4N5/c6-4-3-5(9-1-7-3)10-2-8-4/h1H,(H3,6,7,8,9,10). The molecule has 49 valence electrons. The van der Waals surface area contributed by atoms with E-state index in [1.807, 2.05) is 0 Å². The zero-order chi connectivity index (χ0) is 6.97. The number of nitrogens with one attached hydrogen (secondary N) is 1. The number of nitrogens with two attached hydrogens (primary N) is 1. The lowest BCUT2D eigenvalue weighted by Crippen LogP contribution is -1.92. The van der Waals surface area contributed by atoms with Crippen molar-refractivity contribution in [3.8, 4) is 0 Å². The van der Waals surface area contributed by atoms with Crippen molar-refractivity contribution >= 4 is 17.0 Å². The van der Waals surface area contributed by atoms with E-state index in [1.54, 1.807) is 0 Å². The average molecular weight is 134 g/mol. The highest BCUT2D eigenvalue weighted by Crippen LogP contribution is 2.08. The van der Waals surface area contributed by atoms with Gasteiger partial charge < -0.3 is 10.7 Å². The highest BCUT2D eigenvalue weighted by atomic mass is 15.0. The van der Waals surface area contributed by atoms with Crippen molar-refractivity contribution in [3.63, 3.8) is 0 Å². The largest absolute Gasteiger partial charge is 0.382 e. The van der Waals surface area contributed by atoms with Gasteiger partial charge in [-0.15, -0.1) is 0 Å². The number of hydrogen-bond acceptors (Lipinski definition) is 4. The van der Waals surface area contributed by atoms with Crippen molar-refractivity contribution in [1.29, 1.82) is 0 Å². The molecule has 2 rings (SSSR count). The van der Waals surface area contributed by atoms with Gasteiger partial charge in [-0.1, -0.05) is 0 Å². The first-order valence-electron chi connectivity index (χ1n) is 2.70. The summed E-state index contributed by atoms with van der Waals surface area (Å²) in [6.45, 7) is 0. The summed E-state index contributed by atoms with van der Waals surface area (Å²) in [7, 11) is 0. The molecule has 5 nitrogen and oxygen atoms in total. The number of anilines is 1. The third-order valence-electron chi connectivity index (χ3n) is 1.20. The van der Waals surface area contributed by atoms with E-state index in [0.29, 0.717) is 17.0 Å². The van der Waals surface area contributed by atoms with Crippen LogP contribution in [-0.4, -0.2) is 19.9 Å². The average Bonchev–Trinajstić information content (AvgIpc) is 2.36. The van der Waals surface area contributed by atoms with Crippen LogP contribution in [0.2, 0.25) is 0 Å². The van der Waals surface area contributed by atoms with E-state index < -0.39 is 0 Å². The van der Waals surface area contributed by atoms with Gasteiger partial charge in [0.05, 0.1) is 6.33 Å². The third kappa shape index (κ3) is 0.540. The molecule has 0 aromatic carbocycles. The van der Waals surface area contributed by atoms with Gasteiger partial charge in [0.25, 0.3) is 0 Å². The Balaban J connectivity index is 2.95. The molecule has 5 heteroatoms. The number of fused-ring (bicyclic) bond motifs is 1. The molecule has 0 aliphatic rings. The SMILES string of the molecule is Nc1n[c]nc2nc[nH]c12. The Bertz CT molecular complexity index is 352. The molecule has 2 aromatic heterocycles. The normalized spacial score (nSPS) is 10.4. The smallest absolute Gasteiger partial charge is 0.202 e. The molecular formula is C5H4N5. The van der Waals surface area contributed by atoms with Crippen LogP contribution in [0.25, 0.3) is 11.2 Å². The Labute approximate surface area is 56.3 Å². The summed E-state index contributed by atoms with van der Waals surface area (Å²) in [4.78, 5) is 14.1. The van der Waals surface area contributed by atoms with E-state index in [-0.39, 0.29) is 0 Å². The minimum atomic E-state index is 0.377. The molecule has 0 aliphatic heterocycles. The van der Waals surface area contributed by atoms with Crippen LogP contribution >= 0.6 is 0 Å². The van der Waals surface area contributed by atoms with Crippen molar-refractivity contribution in [2.24, 2.45) is 0 Å². The molecular weight excluding hydrogens is 130 g/mol. The number of nitrogens with zero attached hydrogens (tertiary/aromatic N) is 3. The molecule has 0 unspecified atom stereocenters. The zero-order valence-corrected chi connectivity index (χ0v) is 5.00. The van der Waals surface area contributed by atoms with Crippen LogP contribution in [-0.2, 0) is 0 Å². The fourth-order valence-electron chi connectivity index (χ4n) is 0.742. The van der Waals surface area contributed by atoms with Gasteiger partial charge in [-0.05, 0) is 0 Å². The lowest BCUT2D eigenvalue weighted by molar-refractivity contribution is 1.19. The summed E-state index contributed by atoms with van der Waals surface area (Å²) < 4.78 is 0. The molecule has 10 heavy (non-hydrogen) atoms. The van der Waals surface area contributed by atoms with Crippen LogP contribution in [0, 0.1) is 6.33 Å². The summed E-state index contributed by atoms with van der Waals surface area (Å²) in [5.74, 6) is 0.377. The first-order valence-corrected chi connectivity index (χ1v) is 2.70. The summed E-state index contributed by atoms with van der Waals surface area (Å²) in [5, 5.41) is 0. The molecule has 0 bridgehead atoms. The van der Waals surface area contributed by atoms with Crippen LogP contribution in [0.1, 0.15) is 0 Å². The highest BCUT2D eigenvalue weighted by Gasteiger charge is 1.99. The van der Waals surface area contributed by atoms with Gasteiger partial charge in [-0.3, -0.25) is 0 Å². The summed E-state index contributed by atoms with van der Waals surface area (Å²) >= 11 is 0. The zero-order valence-electron chi connectivity index (χ0n) is 5.00. The number of nitrogen functional groups attached to an aromatic ring is 1. The second kappa shape index (κ2) is 1.66. The fourth-order valence-corrected chi connectivity index (χ4v) is 0.742. The highest BCUT2D eigenvalue weighted by molar-refractivity contribution is 5.80. The second-order valence-electron chi connectivity index (χ2n) is 1.81. The van der Waals surface area contributed by atoms with Gasteiger partial charge in [-0.2, -0.15) is 0 Å². The van der Waals surface area contributed by atoms with E-state index in [0.717, 1.165) is 0 Å². The first-order chi connectivity index (χ1) is 4.88. The van der Waals surface area contributed by atoms with E-state index in [9.17, 15) is 0 Å². The molecule has 3 N–H and O–H groups in total. The van der Waals surface area contributed by atoms with E-state index in [2.05, 4.69) is 26.3 Å². The van der Waals surface area contributed by atoms with Gasteiger partial charge in [0, 0.05) is 0 Å². The van der Waals surface area contributed by atoms with Crippen molar-refractivity contribution in [2.75, 3.05) is 5.73 Å². The molecule has 0 aliphatic carbocycles. The Morgan fingerprint density at radius 1 is 1.50 bits per heavy atom. The Hall–Kier alpha value is -1.65. The topological polar surface area (TPSA) is 80.5 Å². The monoisotopic (exact) mass is 134 g/mol. The Morgan fingerprint density at radius 2 is 2.40 bits per heavy atom. The van der Waals surface area contributed by atoms with Crippen molar-refractivity contribution in [2.45, 2.75) is 0 Å². The third-order valence-corrected chi connectivity index (χ3v) is 1.20. The lowest BCUT2D eigenvalue weighted by Gasteiger charge is -1.88. The summed E-state index contributed by atoms with van der Waals surface area (Å²) in [6, 6.07) is 0. The molecule has 0 amide bonds. The number of H-pyrrole nitrogens is 1. The van der Waals surface area contributed by atoms with Crippen molar-refractivity contribution in [3.05, 3.63) is 12.7 Å². The number of hydrogen-bond donors (Lipinski definition) is 2. The molecule has 0 spiro atoms. The number of imidazole rings is 1. The maximum absolute atomic E-state index is 5.45. The summed E-state index contributed by atoms with van der Waals surface area (Å²) in [5.41, 5.74) is 6.66. The maximum Gasteiger partial charge on any atom is 0.202 e. The van der Waals surface area contributed by atoms with E-state index in [1.165, 1.54) is 6.33 Å². The minimum absolute atomic E-state index is 0.377. The first kappa shape index (κ1) is 5.16. The van der Waals surface area contributed by atoms with E-state index in [4.69, 9.17) is 5.73 Å². The van der Waals surface area contributed by atoms with Gasteiger partial charge in [0.1, 0.15) is 5.52 Å². The fraction of sp³-hybridized carbons (Fsp3) is 0. The van der Waals surface area contributed by atoms with Gasteiger partial charge in [-0.25, -0.2) is 15.0 Å². The van der Waals surface area contributed by atoms with Crippen molar-refractivity contribution < 1.29 is 0 Å². The second-order valence-corrected chi connectivity index (χ2v) is 1.81. The molecule has 0 saturated carbocycles. The van der Waals surface area contributed by atoms with Gasteiger partial charge in [0.15, 0.2) is 11.5 Å². The van der Waals surface area contributed by atoms with Crippen LogP contribution in [0.4, 0.5) is 5.82 Å². The van der Waals surface area contributed by atoms with Crippen LogP contribution in [0.5, 0.6) is 0 Å². The minimum Gasteiger partial charge on any atom is -0.382 e. The molecule has 2 aromatic rings. The lowest BCUT2D eigenvalue weighted by atomic mass is 10.5. The van der Waals surface area contributed by atoms with Crippen molar-refractivity contribution in [1.82, 2.24) is 19.9 Å². The molecule has 0 fully saturated rings. The van der Waals surface area contributed by atoms with Crippen LogP contribution in [0.3, 0.4) is 0 Å². The maximum atomic E-state index is 5.45. The number of aromatic nitrogens is 4. The van der Waals surface area contributed by atoms with E-state index >= 15 is 0 Å². The number of aromatic amines is 1. The molecule has 0 saturated heterocycles. The Kier molecular flexibility index (Phi) is 0.858. The quantitative estimate of drug-likeness (QED) is 0.520. The van der Waals surface area contributed by atoms with Gasteiger partial charge in [0.2, 0.25) is 6.33 Å². The molecule has 2 heterocycles. The molecule has 0 atom stereocenters. The van der Waals surface area contributed by atoms with Crippen LogP contribution in [0.15, 0.2) is 6.33 Å². The van der Waals surface area contributed by atoms with Crippen LogP contribution < -0.4 is 5.73 Å². The number of rotatable bonds is 0.